The Kier molecular flexibility index (Phi) is 1.90. The van der Waals surface area contributed by atoms with Crippen molar-refractivity contribution < 1.29 is 5.11 Å². The van der Waals surface area contributed by atoms with Crippen LogP contribution in [-0.4, -0.2) is 5.11 Å². The second kappa shape index (κ2) is 3.64. The molecule has 0 saturated heterocycles. The van der Waals surface area contributed by atoms with Crippen LogP contribution in [0.25, 0.3) is 43.8 Å². The van der Waals surface area contributed by atoms with Crippen molar-refractivity contribution >= 4 is 21.5 Å². The van der Waals surface area contributed by atoms with Gasteiger partial charge in [-0.05, 0) is 62.0 Å². The second-order valence-corrected chi connectivity index (χ2v) is 5.60. The molecule has 0 fully saturated rings. The molecule has 0 bridgehead atoms. The van der Waals surface area contributed by atoms with Gasteiger partial charge in [0.15, 0.2) is 0 Å². The minimum absolute atomic E-state index is 0.318. The number of fused-ring (bicyclic) bond motifs is 5. The average Bonchev–Trinajstić information content (AvgIpc) is 2.84. The van der Waals surface area contributed by atoms with E-state index in [-0.39, 0.29) is 0 Å². The van der Waals surface area contributed by atoms with Crippen molar-refractivity contribution in [1.29, 1.82) is 0 Å². The molecule has 0 radical (unpaired) electrons. The standard InChI is InChI=1S/C20H12O/c21-13-9-8-12-10-19-15-5-2-1-4-14(15)16-6-3-7-17(20(16)19)18(12)11-13/h1-11,21H. The molecule has 1 N–H and O–H groups in total. The Bertz CT molecular complexity index is 1040. The van der Waals surface area contributed by atoms with Gasteiger partial charge in [0, 0.05) is 0 Å². The third-order valence-electron chi connectivity index (χ3n) is 4.47. The molecule has 4 aromatic carbocycles. The summed E-state index contributed by atoms with van der Waals surface area (Å²) in [5, 5.41) is 14.6. The van der Waals surface area contributed by atoms with E-state index in [1.165, 1.54) is 38.4 Å². The predicted octanol–water partition coefficient (Wildman–Crippen LogP) is 5.35. The second-order valence-electron chi connectivity index (χ2n) is 5.60. The molecule has 1 aliphatic rings. The van der Waals surface area contributed by atoms with Gasteiger partial charge in [-0.25, -0.2) is 0 Å². The van der Waals surface area contributed by atoms with Crippen LogP contribution in [0.2, 0.25) is 0 Å². The van der Waals surface area contributed by atoms with E-state index in [2.05, 4.69) is 48.5 Å². The molecule has 0 aliphatic heterocycles. The molecular weight excluding hydrogens is 256 g/mol. The van der Waals surface area contributed by atoms with E-state index in [0.29, 0.717) is 5.75 Å². The highest BCUT2D eigenvalue weighted by Crippen LogP contribution is 2.49. The highest BCUT2D eigenvalue weighted by molar-refractivity contribution is 6.23. The summed E-state index contributed by atoms with van der Waals surface area (Å²) in [7, 11) is 0. The number of aromatic hydroxyl groups is 1. The van der Waals surface area contributed by atoms with Crippen LogP contribution < -0.4 is 0 Å². The van der Waals surface area contributed by atoms with Gasteiger partial charge in [0.1, 0.15) is 5.75 Å². The monoisotopic (exact) mass is 268 g/mol. The molecule has 0 unspecified atom stereocenters. The van der Waals surface area contributed by atoms with E-state index in [9.17, 15) is 5.11 Å². The van der Waals surface area contributed by atoms with Crippen molar-refractivity contribution in [1.82, 2.24) is 0 Å². The van der Waals surface area contributed by atoms with E-state index >= 15 is 0 Å². The van der Waals surface area contributed by atoms with Crippen LogP contribution in [0.3, 0.4) is 0 Å². The molecule has 0 atom stereocenters. The number of hydrogen-bond donors (Lipinski definition) is 1. The topological polar surface area (TPSA) is 20.2 Å². The fourth-order valence-electron chi connectivity index (χ4n) is 3.59. The Morgan fingerprint density at radius 3 is 2.19 bits per heavy atom. The van der Waals surface area contributed by atoms with Crippen LogP contribution in [0, 0.1) is 0 Å². The normalized spacial score (nSPS) is 12.0. The minimum atomic E-state index is 0.318. The first-order valence-corrected chi connectivity index (χ1v) is 7.11. The molecule has 1 heteroatoms. The van der Waals surface area contributed by atoms with Crippen molar-refractivity contribution in [3.8, 4) is 28.0 Å². The smallest absolute Gasteiger partial charge is 0.116 e. The van der Waals surface area contributed by atoms with E-state index in [1.807, 2.05) is 12.1 Å². The summed E-state index contributed by atoms with van der Waals surface area (Å²) in [6, 6.07) is 22.9. The van der Waals surface area contributed by atoms with Gasteiger partial charge in [-0.2, -0.15) is 0 Å². The lowest BCUT2D eigenvalue weighted by Crippen LogP contribution is -1.80. The van der Waals surface area contributed by atoms with Gasteiger partial charge in [0.05, 0.1) is 0 Å². The zero-order chi connectivity index (χ0) is 14.0. The number of hydrogen-bond acceptors (Lipinski definition) is 1. The molecule has 0 amide bonds. The average molecular weight is 268 g/mol. The predicted molar refractivity (Wildman–Crippen MR) is 87.5 cm³/mol. The number of rotatable bonds is 0. The van der Waals surface area contributed by atoms with Crippen LogP contribution in [-0.2, 0) is 0 Å². The van der Waals surface area contributed by atoms with Crippen molar-refractivity contribution in [2.45, 2.75) is 0 Å². The zero-order valence-corrected chi connectivity index (χ0v) is 11.3. The lowest BCUT2D eigenvalue weighted by atomic mass is 9.96. The Morgan fingerprint density at radius 2 is 1.33 bits per heavy atom. The fraction of sp³-hybridized carbons (Fsp3) is 0. The summed E-state index contributed by atoms with van der Waals surface area (Å²) >= 11 is 0. The minimum Gasteiger partial charge on any atom is -0.508 e. The molecule has 0 saturated carbocycles. The summed E-state index contributed by atoms with van der Waals surface area (Å²) in [6.45, 7) is 0. The van der Waals surface area contributed by atoms with Gasteiger partial charge in [-0.1, -0.05) is 48.5 Å². The molecule has 1 nitrogen and oxygen atoms in total. The van der Waals surface area contributed by atoms with Gasteiger partial charge in [0.2, 0.25) is 0 Å². The fourth-order valence-corrected chi connectivity index (χ4v) is 3.59. The highest BCUT2D eigenvalue weighted by atomic mass is 16.3. The summed E-state index contributed by atoms with van der Waals surface area (Å²) in [5.41, 5.74) is 5.20. The number of phenols is 1. The van der Waals surface area contributed by atoms with E-state index < -0.39 is 0 Å². The molecule has 1 aliphatic carbocycles. The lowest BCUT2D eigenvalue weighted by Gasteiger charge is -2.08. The first kappa shape index (κ1) is 10.9. The maximum atomic E-state index is 9.82. The molecular formula is C20H12O. The SMILES string of the molecule is Oc1ccc2cc3c4c(cccc4c2c1)-c1ccccc1-3. The molecule has 5 rings (SSSR count). The quantitative estimate of drug-likeness (QED) is 0.375. The first-order chi connectivity index (χ1) is 10.3. The van der Waals surface area contributed by atoms with Crippen molar-refractivity contribution in [2.24, 2.45) is 0 Å². The molecule has 98 valence electrons. The van der Waals surface area contributed by atoms with Crippen molar-refractivity contribution in [3.63, 3.8) is 0 Å². The number of benzene rings is 4. The summed E-state index contributed by atoms with van der Waals surface area (Å²) < 4.78 is 0. The lowest BCUT2D eigenvalue weighted by molar-refractivity contribution is 0.476. The maximum Gasteiger partial charge on any atom is 0.116 e. The first-order valence-electron chi connectivity index (χ1n) is 7.11. The van der Waals surface area contributed by atoms with Gasteiger partial charge in [0.25, 0.3) is 0 Å². The van der Waals surface area contributed by atoms with Crippen molar-refractivity contribution in [3.05, 3.63) is 66.7 Å². The largest absolute Gasteiger partial charge is 0.508 e. The Morgan fingerprint density at radius 1 is 0.571 bits per heavy atom. The van der Waals surface area contributed by atoms with Gasteiger partial charge in [-0.3, -0.25) is 0 Å². The van der Waals surface area contributed by atoms with Crippen molar-refractivity contribution in [2.75, 3.05) is 0 Å². The number of phenolic OH excluding ortho intramolecular Hbond substituents is 1. The Hall–Kier alpha value is -2.80. The zero-order valence-electron chi connectivity index (χ0n) is 11.3. The van der Waals surface area contributed by atoms with E-state index in [0.717, 1.165) is 5.39 Å². The van der Waals surface area contributed by atoms with Gasteiger partial charge in [-0.15, -0.1) is 0 Å². The molecule has 0 aromatic heterocycles. The van der Waals surface area contributed by atoms with Gasteiger partial charge < -0.3 is 5.11 Å². The highest BCUT2D eigenvalue weighted by Gasteiger charge is 2.21. The van der Waals surface area contributed by atoms with Crippen LogP contribution in [0.1, 0.15) is 0 Å². The summed E-state index contributed by atoms with van der Waals surface area (Å²) in [6.07, 6.45) is 0. The van der Waals surface area contributed by atoms with E-state index in [4.69, 9.17) is 0 Å². The van der Waals surface area contributed by atoms with Crippen LogP contribution in [0.5, 0.6) is 5.75 Å². The molecule has 4 aromatic rings. The summed E-state index contributed by atoms with van der Waals surface area (Å²) in [4.78, 5) is 0. The van der Waals surface area contributed by atoms with Crippen LogP contribution in [0.4, 0.5) is 0 Å². The molecule has 0 heterocycles. The van der Waals surface area contributed by atoms with Gasteiger partial charge >= 0.3 is 0 Å². The van der Waals surface area contributed by atoms with E-state index in [1.54, 1.807) is 6.07 Å². The van der Waals surface area contributed by atoms with Crippen LogP contribution >= 0.6 is 0 Å². The van der Waals surface area contributed by atoms with Crippen LogP contribution in [0.15, 0.2) is 66.7 Å². The summed E-state index contributed by atoms with van der Waals surface area (Å²) in [5.74, 6) is 0.318. The Labute approximate surface area is 122 Å². The third-order valence-corrected chi connectivity index (χ3v) is 4.47. The molecule has 0 spiro atoms. The maximum absolute atomic E-state index is 9.82. The molecule has 21 heavy (non-hydrogen) atoms. The Balaban J connectivity index is 2.09. The third kappa shape index (κ3) is 1.30.